The lowest BCUT2D eigenvalue weighted by Gasteiger charge is -2.15. The number of nitrogens with zero attached hydrogens (tertiary/aromatic N) is 2. The molecule has 0 bridgehead atoms. The van der Waals surface area contributed by atoms with Crippen LogP contribution in [0.15, 0.2) is 77.7 Å². The third kappa shape index (κ3) is 6.42. The van der Waals surface area contributed by atoms with Crippen molar-refractivity contribution >= 4 is 40.5 Å². The normalized spacial score (nSPS) is 14.7. The van der Waals surface area contributed by atoms with Crippen LogP contribution in [0.2, 0.25) is 10.0 Å². The van der Waals surface area contributed by atoms with Crippen LogP contribution in [0.3, 0.4) is 0 Å². The number of aromatic nitrogens is 2. The third-order valence-corrected chi connectivity index (χ3v) is 7.01. The standard InChI is InChI=1S/C29H26Cl2N4O4/c1-18-4-11-22(12-5-18)39-26-17-33-35(21-10-13-24(30)25(31)15-21)29(37)27(26)34-20-8-6-19(7-9-20)28(36)32-16-23-3-2-14-38-23/h4-13,15,17,23,34H,2-3,14,16H2,1H3,(H,32,36)/t23-/m0/s1. The highest BCUT2D eigenvalue weighted by Gasteiger charge is 2.18. The van der Waals surface area contributed by atoms with Gasteiger partial charge in [-0.1, -0.05) is 40.9 Å². The number of nitrogens with one attached hydrogen (secondary N) is 2. The molecule has 3 aromatic carbocycles. The summed E-state index contributed by atoms with van der Waals surface area (Å²) in [5.74, 6) is 0.597. The number of halogens is 2. The topological polar surface area (TPSA) is 94.5 Å². The molecule has 0 radical (unpaired) electrons. The quantitative estimate of drug-likeness (QED) is 0.261. The Morgan fingerprint density at radius 2 is 1.85 bits per heavy atom. The lowest BCUT2D eigenvalue weighted by Crippen LogP contribution is -2.31. The number of hydrogen-bond donors (Lipinski definition) is 2. The molecule has 1 atom stereocenters. The van der Waals surface area contributed by atoms with Crippen LogP contribution < -0.4 is 20.9 Å². The average Bonchev–Trinajstić information content (AvgIpc) is 3.46. The molecule has 1 aliphatic heterocycles. The van der Waals surface area contributed by atoms with E-state index in [0.717, 1.165) is 25.0 Å². The summed E-state index contributed by atoms with van der Waals surface area (Å²) in [6.07, 6.45) is 3.48. The molecule has 10 heteroatoms. The summed E-state index contributed by atoms with van der Waals surface area (Å²) in [6.45, 7) is 3.19. The molecule has 1 aliphatic rings. The van der Waals surface area contributed by atoms with Crippen molar-refractivity contribution in [1.29, 1.82) is 0 Å². The van der Waals surface area contributed by atoms with Crippen LogP contribution in [-0.2, 0) is 4.74 Å². The monoisotopic (exact) mass is 564 g/mol. The number of aryl methyl sites for hydroxylation is 1. The Morgan fingerprint density at radius 1 is 1.08 bits per heavy atom. The van der Waals surface area contributed by atoms with E-state index in [4.69, 9.17) is 32.7 Å². The van der Waals surface area contributed by atoms with Gasteiger partial charge in [-0.05, 0) is 74.4 Å². The second-order valence-electron chi connectivity index (χ2n) is 9.16. The van der Waals surface area contributed by atoms with Gasteiger partial charge in [0.2, 0.25) is 0 Å². The van der Waals surface area contributed by atoms with Gasteiger partial charge in [-0.25, -0.2) is 0 Å². The second kappa shape index (κ2) is 11.9. The average molecular weight is 565 g/mol. The first-order valence-corrected chi connectivity index (χ1v) is 13.2. The van der Waals surface area contributed by atoms with Crippen molar-refractivity contribution in [3.8, 4) is 17.2 Å². The largest absolute Gasteiger partial charge is 0.453 e. The predicted octanol–water partition coefficient (Wildman–Crippen LogP) is 6.29. The van der Waals surface area contributed by atoms with E-state index < -0.39 is 5.56 Å². The molecular formula is C29H26Cl2N4O4. The van der Waals surface area contributed by atoms with Gasteiger partial charge in [-0.2, -0.15) is 9.78 Å². The number of benzene rings is 3. The van der Waals surface area contributed by atoms with Gasteiger partial charge in [0.05, 0.1) is 28.0 Å². The summed E-state index contributed by atoms with van der Waals surface area (Å²) >= 11 is 12.2. The SMILES string of the molecule is Cc1ccc(Oc2cnn(-c3ccc(Cl)c(Cl)c3)c(=O)c2Nc2ccc(C(=O)NC[C@@H]3CCCO3)cc2)cc1. The smallest absolute Gasteiger partial charge is 0.299 e. The Morgan fingerprint density at radius 3 is 2.54 bits per heavy atom. The molecule has 2 heterocycles. The van der Waals surface area contributed by atoms with Crippen molar-refractivity contribution < 1.29 is 14.3 Å². The number of anilines is 2. The van der Waals surface area contributed by atoms with Crippen LogP contribution in [0.5, 0.6) is 11.5 Å². The highest BCUT2D eigenvalue weighted by Crippen LogP contribution is 2.30. The fraction of sp³-hybridized carbons (Fsp3) is 0.207. The molecule has 200 valence electrons. The zero-order valence-corrected chi connectivity index (χ0v) is 22.6. The molecule has 1 amide bonds. The van der Waals surface area contributed by atoms with E-state index in [2.05, 4.69) is 15.7 Å². The minimum absolute atomic E-state index is 0.0613. The van der Waals surface area contributed by atoms with Crippen LogP contribution in [0, 0.1) is 6.92 Å². The van der Waals surface area contributed by atoms with Gasteiger partial charge in [0.25, 0.3) is 11.5 Å². The maximum Gasteiger partial charge on any atom is 0.299 e. The molecule has 5 rings (SSSR count). The van der Waals surface area contributed by atoms with Crippen molar-refractivity contribution in [3.05, 3.63) is 104 Å². The molecule has 0 saturated carbocycles. The summed E-state index contributed by atoms with van der Waals surface area (Å²) < 4.78 is 12.8. The van der Waals surface area contributed by atoms with Crippen molar-refractivity contribution in [3.63, 3.8) is 0 Å². The molecular weight excluding hydrogens is 539 g/mol. The number of ether oxygens (including phenoxy) is 2. The first-order chi connectivity index (χ1) is 18.9. The Balaban J connectivity index is 1.42. The fourth-order valence-electron chi connectivity index (χ4n) is 4.13. The van der Waals surface area contributed by atoms with Crippen LogP contribution in [-0.4, -0.2) is 34.9 Å². The van der Waals surface area contributed by atoms with Crippen LogP contribution in [0.25, 0.3) is 5.69 Å². The molecule has 8 nitrogen and oxygen atoms in total. The van der Waals surface area contributed by atoms with Gasteiger partial charge >= 0.3 is 0 Å². The van der Waals surface area contributed by atoms with Crippen LogP contribution in [0.4, 0.5) is 11.4 Å². The Bertz CT molecular complexity index is 1530. The van der Waals surface area contributed by atoms with E-state index in [1.165, 1.54) is 10.9 Å². The van der Waals surface area contributed by atoms with E-state index in [1.807, 2.05) is 31.2 Å². The maximum atomic E-state index is 13.6. The Hall–Kier alpha value is -3.85. The molecule has 1 saturated heterocycles. The van der Waals surface area contributed by atoms with Crippen molar-refractivity contribution in [1.82, 2.24) is 15.1 Å². The molecule has 39 heavy (non-hydrogen) atoms. The lowest BCUT2D eigenvalue weighted by atomic mass is 10.1. The van der Waals surface area contributed by atoms with E-state index in [-0.39, 0.29) is 23.4 Å². The lowest BCUT2D eigenvalue weighted by molar-refractivity contribution is 0.0858. The van der Waals surface area contributed by atoms with E-state index >= 15 is 0 Å². The summed E-state index contributed by atoms with van der Waals surface area (Å²) in [5, 5.41) is 11.0. The molecule has 4 aromatic rings. The van der Waals surface area contributed by atoms with Gasteiger partial charge in [0, 0.05) is 24.4 Å². The maximum absolute atomic E-state index is 13.6. The molecule has 2 N–H and O–H groups in total. The van der Waals surface area contributed by atoms with Gasteiger partial charge < -0.3 is 20.1 Å². The number of amides is 1. The number of hydrogen-bond acceptors (Lipinski definition) is 6. The minimum atomic E-state index is -0.462. The second-order valence-corrected chi connectivity index (χ2v) is 9.98. The highest BCUT2D eigenvalue weighted by atomic mass is 35.5. The summed E-state index contributed by atoms with van der Waals surface area (Å²) in [5.41, 5.74) is 2.30. The minimum Gasteiger partial charge on any atom is -0.453 e. The number of rotatable bonds is 8. The summed E-state index contributed by atoms with van der Waals surface area (Å²) in [4.78, 5) is 26.2. The van der Waals surface area contributed by atoms with Gasteiger partial charge in [0.1, 0.15) is 5.75 Å². The Kier molecular flexibility index (Phi) is 8.16. The number of carbonyl (C=O) groups is 1. The molecule has 1 aromatic heterocycles. The number of carbonyl (C=O) groups excluding carboxylic acids is 1. The first kappa shape index (κ1) is 26.7. The van der Waals surface area contributed by atoms with Crippen molar-refractivity contribution in [2.24, 2.45) is 0 Å². The van der Waals surface area contributed by atoms with E-state index in [9.17, 15) is 9.59 Å². The third-order valence-electron chi connectivity index (χ3n) is 6.27. The van der Waals surface area contributed by atoms with E-state index in [1.54, 1.807) is 42.5 Å². The van der Waals surface area contributed by atoms with Gasteiger partial charge in [-0.15, -0.1) is 0 Å². The molecule has 0 spiro atoms. The van der Waals surface area contributed by atoms with E-state index in [0.29, 0.717) is 39.3 Å². The zero-order valence-electron chi connectivity index (χ0n) is 21.1. The van der Waals surface area contributed by atoms with Crippen LogP contribution in [0.1, 0.15) is 28.8 Å². The first-order valence-electron chi connectivity index (χ1n) is 12.5. The zero-order chi connectivity index (χ0) is 27.4. The molecule has 0 aliphatic carbocycles. The molecule has 0 unspecified atom stereocenters. The van der Waals surface area contributed by atoms with Gasteiger partial charge in [-0.3, -0.25) is 9.59 Å². The fourth-order valence-corrected chi connectivity index (χ4v) is 4.42. The molecule has 1 fully saturated rings. The summed E-state index contributed by atoms with van der Waals surface area (Å²) in [6, 6.07) is 19.1. The van der Waals surface area contributed by atoms with Crippen LogP contribution >= 0.6 is 23.2 Å². The van der Waals surface area contributed by atoms with Gasteiger partial charge in [0.15, 0.2) is 11.4 Å². The predicted molar refractivity (Wildman–Crippen MR) is 152 cm³/mol. The highest BCUT2D eigenvalue weighted by molar-refractivity contribution is 6.42. The van der Waals surface area contributed by atoms with Crippen molar-refractivity contribution in [2.45, 2.75) is 25.9 Å². The Labute approximate surface area is 235 Å². The van der Waals surface area contributed by atoms with Crippen molar-refractivity contribution in [2.75, 3.05) is 18.5 Å². The summed E-state index contributed by atoms with van der Waals surface area (Å²) in [7, 11) is 0.